The first kappa shape index (κ1) is 10.2. The summed E-state index contributed by atoms with van der Waals surface area (Å²) in [5, 5.41) is 10.5. The molecule has 1 aromatic heterocycles. The molecule has 0 N–H and O–H groups in total. The highest BCUT2D eigenvalue weighted by molar-refractivity contribution is 7.09. The number of nitriles is 1. The van der Waals surface area contributed by atoms with Crippen molar-refractivity contribution in [1.82, 2.24) is 4.90 Å². The summed E-state index contributed by atoms with van der Waals surface area (Å²) >= 11 is 1.66. The molecular weight excluding hydrogens is 208 g/mol. The first-order chi connectivity index (χ1) is 7.31. The fourth-order valence-electron chi connectivity index (χ4n) is 1.55. The molecule has 1 aliphatic rings. The zero-order valence-corrected chi connectivity index (χ0v) is 9.17. The molecule has 1 aromatic rings. The number of thiophene rings is 1. The van der Waals surface area contributed by atoms with Crippen molar-refractivity contribution in [2.45, 2.75) is 31.8 Å². The maximum absolute atomic E-state index is 11.7. The van der Waals surface area contributed by atoms with Gasteiger partial charge in [0.05, 0.1) is 12.6 Å². The number of nitrogens with zero attached hydrogens (tertiary/aromatic N) is 2. The third-order valence-corrected chi connectivity index (χ3v) is 3.31. The molecule has 1 fully saturated rings. The Kier molecular flexibility index (Phi) is 3.02. The fraction of sp³-hybridized carbons (Fsp3) is 0.455. The minimum Gasteiger partial charge on any atom is -0.334 e. The number of hydrogen-bond donors (Lipinski definition) is 0. The second-order valence-corrected chi connectivity index (χ2v) is 4.70. The largest absolute Gasteiger partial charge is 0.334 e. The van der Waals surface area contributed by atoms with E-state index in [1.54, 1.807) is 11.3 Å². The van der Waals surface area contributed by atoms with E-state index in [2.05, 4.69) is 0 Å². The summed E-state index contributed by atoms with van der Waals surface area (Å²) in [7, 11) is 0. The van der Waals surface area contributed by atoms with Crippen molar-refractivity contribution >= 4 is 17.2 Å². The van der Waals surface area contributed by atoms with E-state index in [9.17, 15) is 4.79 Å². The van der Waals surface area contributed by atoms with E-state index >= 15 is 0 Å². The molecule has 0 radical (unpaired) electrons. The summed E-state index contributed by atoms with van der Waals surface area (Å²) in [5.74, 6) is -0.0339. The summed E-state index contributed by atoms with van der Waals surface area (Å²) in [5.41, 5.74) is 0. The molecule has 0 saturated heterocycles. The summed E-state index contributed by atoms with van der Waals surface area (Å²) in [6.07, 6.45) is 2.17. The van der Waals surface area contributed by atoms with E-state index < -0.39 is 0 Å². The lowest BCUT2D eigenvalue weighted by Crippen LogP contribution is -2.31. The second-order valence-electron chi connectivity index (χ2n) is 3.67. The average molecular weight is 220 g/mol. The highest BCUT2D eigenvalue weighted by Gasteiger charge is 2.32. The Hall–Kier alpha value is -1.34. The van der Waals surface area contributed by atoms with Gasteiger partial charge in [-0.15, -0.1) is 11.3 Å². The number of hydrogen-bond acceptors (Lipinski definition) is 3. The van der Waals surface area contributed by atoms with Gasteiger partial charge in [0.25, 0.3) is 0 Å². The number of carbonyl (C=O) groups excluding carboxylic acids is 1. The van der Waals surface area contributed by atoms with Crippen LogP contribution in [0.1, 0.15) is 24.1 Å². The van der Waals surface area contributed by atoms with Crippen molar-refractivity contribution < 1.29 is 4.79 Å². The number of rotatable bonds is 4. The zero-order chi connectivity index (χ0) is 10.7. The van der Waals surface area contributed by atoms with Gasteiger partial charge in [0.15, 0.2) is 0 Å². The Morgan fingerprint density at radius 3 is 3.00 bits per heavy atom. The molecule has 78 valence electrons. The molecule has 0 unspecified atom stereocenters. The Bertz CT molecular complexity index is 376. The van der Waals surface area contributed by atoms with Gasteiger partial charge < -0.3 is 4.90 Å². The molecule has 1 aliphatic carbocycles. The van der Waals surface area contributed by atoms with Crippen molar-refractivity contribution in [3.8, 4) is 6.07 Å². The first-order valence-corrected chi connectivity index (χ1v) is 5.88. The van der Waals surface area contributed by atoms with Gasteiger partial charge in [-0.25, -0.2) is 0 Å². The molecule has 0 spiro atoms. The molecule has 0 aromatic carbocycles. The summed E-state index contributed by atoms with van der Waals surface area (Å²) in [6.45, 7) is 0.669. The predicted molar refractivity (Wildman–Crippen MR) is 58.1 cm³/mol. The molecule has 0 bridgehead atoms. The van der Waals surface area contributed by atoms with Crippen molar-refractivity contribution in [3.05, 3.63) is 22.4 Å². The first-order valence-electron chi connectivity index (χ1n) is 5.00. The molecule has 1 amide bonds. The van der Waals surface area contributed by atoms with Gasteiger partial charge in [0.2, 0.25) is 5.91 Å². The van der Waals surface area contributed by atoms with Crippen LogP contribution in [0.15, 0.2) is 17.5 Å². The van der Waals surface area contributed by atoms with Crippen LogP contribution in [-0.2, 0) is 11.3 Å². The molecule has 1 saturated carbocycles. The standard InChI is InChI=1S/C11H12N2OS/c12-6-5-11(14)13(9-3-4-9)8-10-2-1-7-15-10/h1-2,7,9H,3-5,8H2. The highest BCUT2D eigenvalue weighted by atomic mass is 32.1. The summed E-state index contributed by atoms with van der Waals surface area (Å²) in [4.78, 5) is 14.7. The Balaban J connectivity index is 2.01. The highest BCUT2D eigenvalue weighted by Crippen LogP contribution is 2.29. The van der Waals surface area contributed by atoms with Crippen LogP contribution in [0.3, 0.4) is 0 Å². The Morgan fingerprint density at radius 1 is 1.67 bits per heavy atom. The topological polar surface area (TPSA) is 44.1 Å². The van der Waals surface area contributed by atoms with Crippen LogP contribution >= 0.6 is 11.3 Å². The molecule has 0 aliphatic heterocycles. The van der Waals surface area contributed by atoms with Crippen molar-refractivity contribution in [3.63, 3.8) is 0 Å². The van der Waals surface area contributed by atoms with E-state index in [1.807, 2.05) is 28.5 Å². The van der Waals surface area contributed by atoms with Crippen LogP contribution in [0, 0.1) is 11.3 Å². The minimum absolute atomic E-state index is 0.00186. The van der Waals surface area contributed by atoms with Gasteiger partial charge in [-0.3, -0.25) is 4.79 Å². The van der Waals surface area contributed by atoms with Crippen molar-refractivity contribution in [1.29, 1.82) is 5.26 Å². The van der Waals surface area contributed by atoms with E-state index in [1.165, 1.54) is 4.88 Å². The van der Waals surface area contributed by atoms with Gasteiger partial charge in [-0.05, 0) is 24.3 Å². The molecule has 15 heavy (non-hydrogen) atoms. The third-order valence-electron chi connectivity index (χ3n) is 2.44. The van der Waals surface area contributed by atoms with Gasteiger partial charge >= 0.3 is 0 Å². The summed E-state index contributed by atoms with van der Waals surface area (Å²) < 4.78 is 0. The predicted octanol–water partition coefficient (Wildman–Crippen LogP) is 2.15. The maximum atomic E-state index is 11.7. The fourth-order valence-corrected chi connectivity index (χ4v) is 2.25. The monoisotopic (exact) mass is 220 g/mol. The zero-order valence-electron chi connectivity index (χ0n) is 8.35. The SMILES string of the molecule is N#CCC(=O)N(Cc1cccs1)C1CC1. The lowest BCUT2D eigenvalue weighted by Gasteiger charge is -2.20. The van der Waals surface area contributed by atoms with Crippen LogP contribution in [0.2, 0.25) is 0 Å². The van der Waals surface area contributed by atoms with Gasteiger partial charge in [0.1, 0.15) is 6.42 Å². The van der Waals surface area contributed by atoms with Crippen LogP contribution in [-0.4, -0.2) is 16.8 Å². The second kappa shape index (κ2) is 4.45. The smallest absolute Gasteiger partial charge is 0.237 e. The quantitative estimate of drug-likeness (QED) is 0.780. The number of carbonyl (C=O) groups is 1. The van der Waals surface area contributed by atoms with E-state index in [0.717, 1.165) is 12.8 Å². The van der Waals surface area contributed by atoms with Crippen molar-refractivity contribution in [2.24, 2.45) is 0 Å². The molecule has 3 nitrogen and oxygen atoms in total. The molecule has 4 heteroatoms. The third kappa shape index (κ3) is 2.57. The lowest BCUT2D eigenvalue weighted by molar-refractivity contribution is -0.131. The lowest BCUT2D eigenvalue weighted by atomic mass is 10.3. The summed E-state index contributed by atoms with van der Waals surface area (Å²) in [6, 6.07) is 6.32. The maximum Gasteiger partial charge on any atom is 0.237 e. The minimum atomic E-state index is -0.0339. The molecular formula is C11H12N2OS. The van der Waals surface area contributed by atoms with Crippen LogP contribution in [0.25, 0.3) is 0 Å². The Morgan fingerprint density at radius 2 is 2.47 bits per heavy atom. The molecule has 1 heterocycles. The molecule has 2 rings (SSSR count). The van der Waals surface area contributed by atoms with Crippen molar-refractivity contribution in [2.75, 3.05) is 0 Å². The van der Waals surface area contributed by atoms with E-state index in [0.29, 0.717) is 12.6 Å². The van der Waals surface area contributed by atoms with Crippen LogP contribution in [0.5, 0.6) is 0 Å². The van der Waals surface area contributed by atoms with E-state index in [4.69, 9.17) is 5.26 Å². The average Bonchev–Trinajstić information content (AvgIpc) is 2.93. The normalized spacial score (nSPS) is 14.6. The Labute approximate surface area is 92.9 Å². The van der Waals surface area contributed by atoms with Gasteiger partial charge in [0, 0.05) is 10.9 Å². The van der Waals surface area contributed by atoms with Crippen LogP contribution < -0.4 is 0 Å². The number of amides is 1. The van der Waals surface area contributed by atoms with Crippen LogP contribution in [0.4, 0.5) is 0 Å². The van der Waals surface area contributed by atoms with Gasteiger partial charge in [-0.1, -0.05) is 6.07 Å². The van der Waals surface area contributed by atoms with Gasteiger partial charge in [-0.2, -0.15) is 5.26 Å². The molecule has 0 atom stereocenters. The van der Waals surface area contributed by atoms with E-state index in [-0.39, 0.29) is 12.3 Å².